The van der Waals surface area contributed by atoms with Crippen molar-refractivity contribution in [2.75, 3.05) is 7.11 Å². The molecule has 0 atom stereocenters. The number of carbonyl (C=O) groups is 1. The van der Waals surface area contributed by atoms with Crippen LogP contribution >= 0.6 is 0 Å². The molecular weight excluding hydrogens is 264 g/mol. The lowest BCUT2D eigenvalue weighted by Crippen LogP contribution is -1.99. The Bertz CT molecular complexity index is 816. The van der Waals surface area contributed by atoms with Gasteiger partial charge in [-0.15, -0.1) is 0 Å². The fourth-order valence-corrected chi connectivity index (χ4v) is 2.61. The van der Waals surface area contributed by atoms with Gasteiger partial charge in [0.15, 0.2) is 0 Å². The van der Waals surface area contributed by atoms with Gasteiger partial charge < -0.3 is 9.84 Å². The molecule has 3 aromatic rings. The number of fused-ring (bicyclic) bond motifs is 1. The molecule has 0 aliphatic heterocycles. The van der Waals surface area contributed by atoms with Crippen molar-refractivity contribution in [3.63, 3.8) is 0 Å². The van der Waals surface area contributed by atoms with E-state index in [0.717, 1.165) is 27.6 Å². The highest BCUT2D eigenvalue weighted by molar-refractivity contribution is 6.10. The lowest BCUT2D eigenvalue weighted by Gasteiger charge is -2.12. The molecule has 0 amide bonds. The molecule has 21 heavy (non-hydrogen) atoms. The Balaban J connectivity index is 2.40. The Kier molecular flexibility index (Phi) is 3.32. The number of ether oxygens (including phenoxy) is 1. The Morgan fingerprint density at radius 2 is 1.57 bits per heavy atom. The van der Waals surface area contributed by atoms with Crippen LogP contribution in [0.3, 0.4) is 0 Å². The fourth-order valence-electron chi connectivity index (χ4n) is 2.61. The minimum Gasteiger partial charge on any atom is -0.496 e. The van der Waals surface area contributed by atoms with E-state index in [1.54, 1.807) is 19.2 Å². The van der Waals surface area contributed by atoms with Crippen molar-refractivity contribution < 1.29 is 14.6 Å². The molecule has 0 aromatic heterocycles. The number of hydrogen-bond donors (Lipinski definition) is 1. The summed E-state index contributed by atoms with van der Waals surface area (Å²) in [6.45, 7) is 0. The smallest absolute Gasteiger partial charge is 0.336 e. The van der Waals surface area contributed by atoms with Crippen molar-refractivity contribution in [1.29, 1.82) is 0 Å². The largest absolute Gasteiger partial charge is 0.496 e. The Hall–Kier alpha value is -2.81. The first-order valence-corrected chi connectivity index (χ1v) is 6.61. The van der Waals surface area contributed by atoms with Gasteiger partial charge in [0.05, 0.1) is 12.7 Å². The molecule has 3 aromatic carbocycles. The summed E-state index contributed by atoms with van der Waals surface area (Å²) in [6, 6.07) is 18.7. The molecule has 0 radical (unpaired) electrons. The van der Waals surface area contributed by atoms with Gasteiger partial charge in [0.25, 0.3) is 0 Å². The van der Waals surface area contributed by atoms with Gasteiger partial charge in [-0.05, 0) is 23.1 Å². The first-order valence-electron chi connectivity index (χ1n) is 6.61. The molecule has 0 fully saturated rings. The molecular formula is C18H14O3. The van der Waals surface area contributed by atoms with Crippen molar-refractivity contribution in [3.05, 3.63) is 66.2 Å². The first kappa shape index (κ1) is 13.2. The zero-order valence-corrected chi connectivity index (χ0v) is 11.5. The second-order valence-corrected chi connectivity index (χ2v) is 4.71. The molecule has 0 saturated carbocycles. The van der Waals surface area contributed by atoms with Crippen LogP contribution < -0.4 is 4.74 Å². The Labute approximate surface area is 122 Å². The van der Waals surface area contributed by atoms with Crippen LogP contribution in [0.25, 0.3) is 21.9 Å². The predicted molar refractivity (Wildman–Crippen MR) is 82.9 cm³/mol. The molecule has 0 unspecified atom stereocenters. The molecule has 3 nitrogen and oxygen atoms in total. The Morgan fingerprint density at radius 1 is 0.905 bits per heavy atom. The summed E-state index contributed by atoms with van der Waals surface area (Å²) in [5, 5.41) is 11.1. The maximum atomic E-state index is 11.5. The van der Waals surface area contributed by atoms with Gasteiger partial charge in [-0.3, -0.25) is 0 Å². The highest BCUT2D eigenvalue weighted by Crippen LogP contribution is 2.36. The van der Waals surface area contributed by atoms with E-state index in [0.29, 0.717) is 5.56 Å². The summed E-state index contributed by atoms with van der Waals surface area (Å²) >= 11 is 0. The summed E-state index contributed by atoms with van der Waals surface area (Å²) in [5.41, 5.74) is 2.05. The van der Waals surface area contributed by atoms with Crippen LogP contribution in [0.4, 0.5) is 0 Å². The number of carboxylic acids is 1. The molecule has 3 heteroatoms. The monoisotopic (exact) mass is 278 g/mol. The van der Waals surface area contributed by atoms with Crippen molar-refractivity contribution in [3.8, 4) is 16.9 Å². The van der Waals surface area contributed by atoms with Crippen LogP contribution in [0, 0.1) is 0 Å². The van der Waals surface area contributed by atoms with E-state index in [2.05, 4.69) is 0 Å². The van der Waals surface area contributed by atoms with Crippen LogP contribution in [-0.4, -0.2) is 18.2 Å². The standard InChI is InChI=1S/C18H14O3/c1-21-16-11-3-2-8-13(16)14-9-4-6-12-7-5-10-15(17(12)14)18(19)20/h2-11H,1H3,(H,19,20). The van der Waals surface area contributed by atoms with Gasteiger partial charge in [-0.25, -0.2) is 4.79 Å². The van der Waals surface area contributed by atoms with Crippen molar-refractivity contribution in [1.82, 2.24) is 0 Å². The quantitative estimate of drug-likeness (QED) is 0.780. The van der Waals surface area contributed by atoms with E-state index >= 15 is 0 Å². The minimum atomic E-state index is -0.928. The minimum absolute atomic E-state index is 0.300. The molecule has 3 rings (SSSR count). The van der Waals surface area contributed by atoms with Crippen LogP contribution in [0.5, 0.6) is 5.75 Å². The summed E-state index contributed by atoms with van der Waals surface area (Å²) in [5.74, 6) is -0.201. The second-order valence-electron chi connectivity index (χ2n) is 4.71. The van der Waals surface area contributed by atoms with E-state index in [1.165, 1.54) is 0 Å². The number of rotatable bonds is 3. The lowest BCUT2D eigenvalue weighted by molar-refractivity contribution is 0.0699. The van der Waals surface area contributed by atoms with Crippen LogP contribution in [0.2, 0.25) is 0 Å². The van der Waals surface area contributed by atoms with Gasteiger partial charge >= 0.3 is 5.97 Å². The summed E-state index contributed by atoms with van der Waals surface area (Å²) in [6.07, 6.45) is 0. The number of carboxylic acid groups (broad SMARTS) is 1. The number of methoxy groups -OCH3 is 1. The zero-order valence-electron chi connectivity index (χ0n) is 11.5. The molecule has 0 aliphatic rings. The zero-order chi connectivity index (χ0) is 14.8. The van der Waals surface area contributed by atoms with E-state index in [4.69, 9.17) is 4.74 Å². The van der Waals surface area contributed by atoms with Crippen LogP contribution in [0.1, 0.15) is 10.4 Å². The van der Waals surface area contributed by atoms with Gasteiger partial charge in [0, 0.05) is 10.9 Å². The average molecular weight is 278 g/mol. The van der Waals surface area contributed by atoms with Gasteiger partial charge in [-0.2, -0.15) is 0 Å². The van der Waals surface area contributed by atoms with E-state index < -0.39 is 5.97 Å². The van der Waals surface area contributed by atoms with Crippen LogP contribution in [-0.2, 0) is 0 Å². The molecule has 104 valence electrons. The summed E-state index contributed by atoms with van der Waals surface area (Å²) < 4.78 is 5.40. The summed E-state index contributed by atoms with van der Waals surface area (Å²) in [4.78, 5) is 11.5. The van der Waals surface area contributed by atoms with Crippen molar-refractivity contribution in [2.24, 2.45) is 0 Å². The number of aromatic carboxylic acids is 1. The van der Waals surface area contributed by atoms with Gasteiger partial charge in [-0.1, -0.05) is 48.5 Å². The third kappa shape index (κ3) is 2.23. The molecule has 0 saturated heterocycles. The molecule has 0 bridgehead atoms. The third-order valence-electron chi connectivity index (χ3n) is 3.53. The van der Waals surface area contributed by atoms with Crippen molar-refractivity contribution in [2.45, 2.75) is 0 Å². The van der Waals surface area contributed by atoms with Crippen molar-refractivity contribution >= 4 is 16.7 Å². The van der Waals surface area contributed by atoms with Gasteiger partial charge in [0.1, 0.15) is 5.75 Å². The highest BCUT2D eigenvalue weighted by atomic mass is 16.5. The molecule has 0 spiro atoms. The highest BCUT2D eigenvalue weighted by Gasteiger charge is 2.14. The SMILES string of the molecule is COc1ccccc1-c1cccc2cccc(C(=O)O)c12. The molecule has 0 heterocycles. The van der Waals surface area contributed by atoms with Gasteiger partial charge in [0.2, 0.25) is 0 Å². The number of para-hydroxylation sites is 1. The normalized spacial score (nSPS) is 10.5. The predicted octanol–water partition coefficient (Wildman–Crippen LogP) is 4.21. The summed E-state index contributed by atoms with van der Waals surface area (Å²) in [7, 11) is 1.61. The fraction of sp³-hybridized carbons (Fsp3) is 0.0556. The topological polar surface area (TPSA) is 46.5 Å². The third-order valence-corrected chi connectivity index (χ3v) is 3.53. The number of benzene rings is 3. The van der Waals surface area contributed by atoms with E-state index in [9.17, 15) is 9.90 Å². The number of hydrogen-bond acceptors (Lipinski definition) is 2. The molecule has 1 N–H and O–H groups in total. The second kappa shape index (κ2) is 5.29. The Morgan fingerprint density at radius 3 is 2.29 bits per heavy atom. The average Bonchev–Trinajstić information content (AvgIpc) is 2.53. The van der Waals surface area contributed by atoms with E-state index in [-0.39, 0.29) is 0 Å². The van der Waals surface area contributed by atoms with E-state index in [1.807, 2.05) is 48.5 Å². The lowest BCUT2D eigenvalue weighted by atomic mass is 9.94. The molecule has 0 aliphatic carbocycles. The first-order chi connectivity index (χ1) is 10.2. The van der Waals surface area contributed by atoms with Crippen LogP contribution in [0.15, 0.2) is 60.7 Å². The maximum absolute atomic E-state index is 11.5. The maximum Gasteiger partial charge on any atom is 0.336 e.